The van der Waals surface area contributed by atoms with Gasteiger partial charge in [-0.15, -0.1) is 0 Å². The summed E-state index contributed by atoms with van der Waals surface area (Å²) in [4.78, 5) is 22.5. The molecule has 0 bridgehead atoms. The van der Waals surface area contributed by atoms with Gasteiger partial charge in [0.15, 0.2) is 0 Å². The number of alkyl halides is 2. The van der Waals surface area contributed by atoms with Gasteiger partial charge in [0.1, 0.15) is 6.04 Å². The highest BCUT2D eigenvalue weighted by atomic mass is 19.3. The highest BCUT2D eigenvalue weighted by molar-refractivity contribution is 5.89. The second-order valence-electron chi connectivity index (χ2n) is 4.22. The van der Waals surface area contributed by atoms with E-state index in [-0.39, 0.29) is 0 Å². The number of halogens is 2. The molecule has 0 aliphatic heterocycles. The number of hydrogen-bond donors (Lipinski definition) is 2. The summed E-state index contributed by atoms with van der Waals surface area (Å²) in [7, 11) is 0. The third-order valence-electron chi connectivity index (χ3n) is 1.96. The van der Waals surface area contributed by atoms with Crippen LogP contribution in [0.4, 0.5) is 13.6 Å². The highest BCUT2D eigenvalue weighted by Gasteiger charge is 2.39. The van der Waals surface area contributed by atoms with Crippen LogP contribution in [0, 0.1) is 0 Å². The molecule has 2 N–H and O–H groups in total. The maximum atomic E-state index is 12.2. The zero-order valence-corrected chi connectivity index (χ0v) is 9.28. The predicted octanol–water partition coefficient (Wildman–Crippen LogP) is 0.960. The monoisotopic (exact) mass is 239 g/mol. The minimum absolute atomic E-state index is 0.529. The van der Waals surface area contributed by atoms with Gasteiger partial charge in [0.25, 0.3) is 6.43 Å². The van der Waals surface area contributed by atoms with Crippen LogP contribution in [-0.2, 0) is 4.79 Å². The Morgan fingerprint density at radius 3 is 1.94 bits per heavy atom. The number of rotatable bonds is 4. The summed E-state index contributed by atoms with van der Waals surface area (Å²) in [5, 5.41) is 17.7. The van der Waals surface area contributed by atoms with E-state index in [1.807, 2.05) is 0 Å². The number of carbonyl (C=O) groups is 2. The summed E-state index contributed by atoms with van der Waals surface area (Å²) in [5.41, 5.74) is -1.05. The molecule has 94 valence electrons. The van der Waals surface area contributed by atoms with Crippen molar-refractivity contribution in [1.29, 1.82) is 0 Å². The van der Waals surface area contributed by atoms with Gasteiger partial charge < -0.3 is 10.2 Å². The summed E-state index contributed by atoms with van der Waals surface area (Å²) >= 11 is 0. The molecule has 0 aromatic heterocycles. The van der Waals surface area contributed by atoms with Crippen molar-refractivity contribution in [3.05, 3.63) is 0 Å². The van der Waals surface area contributed by atoms with E-state index in [4.69, 9.17) is 10.2 Å². The number of hydrogen-bond acceptors (Lipinski definition) is 3. The van der Waals surface area contributed by atoms with Crippen molar-refractivity contribution in [3.63, 3.8) is 0 Å². The minimum atomic E-state index is -3.30. The first kappa shape index (κ1) is 14.8. The first-order chi connectivity index (χ1) is 7.12. The van der Waals surface area contributed by atoms with Gasteiger partial charge in [-0.2, -0.15) is 0 Å². The summed E-state index contributed by atoms with van der Waals surface area (Å²) in [6.45, 7) is 3.38. The number of carboxylic acid groups (broad SMARTS) is 1. The fourth-order valence-electron chi connectivity index (χ4n) is 1.33. The van der Waals surface area contributed by atoms with E-state index in [1.165, 1.54) is 20.8 Å². The number of Topliss-reactive ketones (excluding diaryl/α,β-unsaturated/α-hetero) is 1. The lowest BCUT2D eigenvalue weighted by atomic mass is 10.0. The number of amides is 1. The van der Waals surface area contributed by atoms with Crippen LogP contribution in [0.2, 0.25) is 0 Å². The molecule has 0 spiro atoms. The zero-order valence-electron chi connectivity index (χ0n) is 9.28. The van der Waals surface area contributed by atoms with Gasteiger partial charge in [-0.05, 0) is 20.8 Å². The normalized spacial score (nSPS) is 13.7. The molecule has 0 radical (unpaired) electrons. The van der Waals surface area contributed by atoms with Crippen molar-refractivity contribution in [2.24, 2.45) is 0 Å². The lowest BCUT2D eigenvalue weighted by molar-refractivity contribution is -0.137. The van der Waals surface area contributed by atoms with Crippen LogP contribution in [-0.4, -0.2) is 51.6 Å². The molecule has 7 heteroatoms. The minimum Gasteiger partial charge on any atom is -0.465 e. The average Bonchev–Trinajstić information content (AvgIpc) is 2.09. The third kappa shape index (κ3) is 3.41. The summed E-state index contributed by atoms with van der Waals surface area (Å²) in [5.74, 6) is -1.60. The van der Waals surface area contributed by atoms with Crippen LogP contribution < -0.4 is 0 Å². The largest absolute Gasteiger partial charge is 0.465 e. The van der Waals surface area contributed by atoms with E-state index in [0.29, 0.717) is 4.90 Å². The van der Waals surface area contributed by atoms with E-state index in [2.05, 4.69) is 0 Å². The molecular weight excluding hydrogens is 224 g/mol. The molecule has 0 aliphatic carbocycles. The molecule has 0 aliphatic rings. The van der Waals surface area contributed by atoms with Gasteiger partial charge in [0.05, 0.1) is 6.61 Å². The van der Waals surface area contributed by atoms with Crippen LogP contribution in [0.15, 0.2) is 0 Å². The lowest BCUT2D eigenvalue weighted by Crippen LogP contribution is -2.56. The van der Waals surface area contributed by atoms with Crippen LogP contribution in [0.3, 0.4) is 0 Å². The Morgan fingerprint density at radius 2 is 1.75 bits per heavy atom. The quantitative estimate of drug-likeness (QED) is 0.766. The Kier molecular flexibility index (Phi) is 4.80. The Labute approximate surface area is 91.7 Å². The van der Waals surface area contributed by atoms with Crippen molar-refractivity contribution in [1.82, 2.24) is 4.90 Å². The lowest BCUT2D eigenvalue weighted by Gasteiger charge is -2.37. The van der Waals surface area contributed by atoms with Gasteiger partial charge in [0, 0.05) is 5.54 Å². The number of ketones is 1. The molecule has 1 unspecified atom stereocenters. The first-order valence-corrected chi connectivity index (χ1v) is 4.58. The molecule has 0 aromatic carbocycles. The third-order valence-corrected chi connectivity index (χ3v) is 1.96. The van der Waals surface area contributed by atoms with E-state index in [0.717, 1.165) is 0 Å². The van der Waals surface area contributed by atoms with Crippen molar-refractivity contribution in [2.75, 3.05) is 6.61 Å². The fraction of sp³-hybridized carbons (Fsp3) is 0.778. The SMILES string of the molecule is CC(C)(C)N(C(=O)O)C(CO)C(=O)C(F)F. The number of aliphatic hydroxyl groups is 1. The molecule has 1 atom stereocenters. The van der Waals surface area contributed by atoms with Crippen LogP contribution in [0.5, 0.6) is 0 Å². The van der Waals surface area contributed by atoms with Gasteiger partial charge in [0.2, 0.25) is 5.78 Å². The van der Waals surface area contributed by atoms with E-state index >= 15 is 0 Å². The van der Waals surface area contributed by atoms with Crippen molar-refractivity contribution in [2.45, 2.75) is 38.8 Å². The van der Waals surface area contributed by atoms with E-state index in [9.17, 15) is 18.4 Å². The molecule has 0 rings (SSSR count). The van der Waals surface area contributed by atoms with Gasteiger partial charge >= 0.3 is 6.09 Å². The van der Waals surface area contributed by atoms with Gasteiger partial charge in [-0.3, -0.25) is 9.69 Å². The smallest absolute Gasteiger partial charge is 0.408 e. The topological polar surface area (TPSA) is 77.8 Å². The van der Waals surface area contributed by atoms with Crippen LogP contribution in [0.25, 0.3) is 0 Å². The number of carbonyl (C=O) groups excluding carboxylic acids is 1. The number of aliphatic hydroxyl groups excluding tert-OH is 1. The fourth-order valence-corrected chi connectivity index (χ4v) is 1.33. The van der Waals surface area contributed by atoms with E-state index in [1.54, 1.807) is 0 Å². The molecule has 0 saturated carbocycles. The first-order valence-electron chi connectivity index (χ1n) is 4.58. The van der Waals surface area contributed by atoms with Crippen molar-refractivity contribution in [3.8, 4) is 0 Å². The van der Waals surface area contributed by atoms with Crippen molar-refractivity contribution < 1.29 is 28.6 Å². The highest BCUT2D eigenvalue weighted by Crippen LogP contribution is 2.19. The van der Waals surface area contributed by atoms with E-state index < -0.39 is 36.5 Å². The maximum absolute atomic E-state index is 12.2. The molecule has 5 nitrogen and oxygen atoms in total. The molecule has 16 heavy (non-hydrogen) atoms. The Balaban J connectivity index is 5.17. The van der Waals surface area contributed by atoms with Crippen molar-refractivity contribution >= 4 is 11.9 Å². The van der Waals surface area contributed by atoms with Crippen LogP contribution >= 0.6 is 0 Å². The summed E-state index contributed by atoms with van der Waals surface area (Å²) < 4.78 is 24.4. The molecule has 1 amide bonds. The van der Waals surface area contributed by atoms with Gasteiger partial charge in [-0.25, -0.2) is 13.6 Å². The molecule has 0 fully saturated rings. The van der Waals surface area contributed by atoms with Gasteiger partial charge in [-0.1, -0.05) is 0 Å². The second-order valence-corrected chi connectivity index (χ2v) is 4.22. The Bertz CT molecular complexity index is 275. The molecule has 0 saturated heterocycles. The molecular formula is C9H15F2NO4. The zero-order chi connectivity index (χ0) is 13.1. The predicted molar refractivity (Wildman–Crippen MR) is 51.5 cm³/mol. The van der Waals surface area contributed by atoms with Crippen LogP contribution in [0.1, 0.15) is 20.8 Å². The Morgan fingerprint density at radius 1 is 1.31 bits per heavy atom. The summed E-state index contributed by atoms with van der Waals surface area (Å²) in [6.07, 6.45) is -4.83. The standard InChI is InChI=1S/C9H15F2NO4/c1-9(2,3)12(8(15)16)5(4-13)6(14)7(10)11/h5,7,13H,4H2,1-3H3,(H,15,16). The maximum Gasteiger partial charge on any atom is 0.408 e. The molecule has 0 heterocycles. The number of nitrogens with zero attached hydrogens (tertiary/aromatic N) is 1. The average molecular weight is 239 g/mol. The second kappa shape index (κ2) is 5.20. The molecule has 0 aromatic rings. The Hall–Kier alpha value is -1.24. The summed E-state index contributed by atoms with van der Waals surface area (Å²) in [6, 6.07) is -1.74.